The van der Waals surface area contributed by atoms with E-state index in [0.29, 0.717) is 38.0 Å². The minimum Gasteiger partial charge on any atom is -0.469 e. The van der Waals surface area contributed by atoms with Gasteiger partial charge in [0, 0.05) is 18.1 Å². The zero-order chi connectivity index (χ0) is 33.4. The monoisotopic (exact) mass is 633 g/mol. The van der Waals surface area contributed by atoms with Crippen molar-refractivity contribution in [2.75, 3.05) is 7.11 Å². The predicted molar refractivity (Wildman–Crippen MR) is 177 cm³/mol. The van der Waals surface area contributed by atoms with Crippen molar-refractivity contribution >= 4 is 23.9 Å². The van der Waals surface area contributed by atoms with E-state index in [2.05, 4.69) is 37.6 Å². The van der Waals surface area contributed by atoms with Crippen molar-refractivity contribution in [2.24, 2.45) is 62.8 Å². The number of esters is 1. The van der Waals surface area contributed by atoms with Crippen LogP contribution in [-0.4, -0.2) is 58.1 Å². The first-order valence-corrected chi connectivity index (χ1v) is 16.8. The summed E-state index contributed by atoms with van der Waals surface area (Å²) in [6.45, 7) is 6.75. The average Bonchev–Trinajstić information content (AvgIpc) is 3.37. The molecule has 0 heterocycles. The molecule has 11 atom stereocenters. The molecule has 0 bridgehead atoms. The number of benzene rings is 1. The van der Waals surface area contributed by atoms with E-state index in [-0.39, 0.29) is 52.3 Å². The van der Waals surface area contributed by atoms with Crippen molar-refractivity contribution in [1.82, 2.24) is 0 Å². The van der Waals surface area contributed by atoms with Gasteiger partial charge in [0.2, 0.25) is 0 Å². The van der Waals surface area contributed by atoms with Crippen LogP contribution in [0.25, 0.3) is 6.08 Å². The van der Waals surface area contributed by atoms with Crippen molar-refractivity contribution in [2.45, 2.75) is 96.4 Å². The number of ether oxygens (including phenoxy) is 1. The van der Waals surface area contributed by atoms with E-state index >= 15 is 0 Å². The summed E-state index contributed by atoms with van der Waals surface area (Å²) in [6, 6.07) is 7.35. The summed E-state index contributed by atoms with van der Waals surface area (Å²) < 4.78 is 4.87. The quantitative estimate of drug-likeness (QED) is 0.104. The van der Waals surface area contributed by atoms with Crippen molar-refractivity contribution in [3.8, 4) is 11.8 Å². The van der Waals surface area contributed by atoms with Crippen LogP contribution in [0.2, 0.25) is 0 Å². The van der Waals surface area contributed by atoms with Gasteiger partial charge in [0.25, 0.3) is 5.91 Å². The molecule has 1 amide bonds. The molecular weight excluding hydrogens is 582 g/mol. The highest BCUT2D eigenvalue weighted by atomic mass is 16.5. The standard InChI is InChI=1S/C37H51N3O6/c1-22(5-14-32(44)46-4)26-11-12-27-33-28(20-30(42)36(26,27)3)35(2)17-18-37(45,21-25(35)19-29(33)41)16-15-24-8-6-23(7-9-24)10-13-31(43)40-34(38)39/h6-10,13,22,25-30,33,41-42,45H,5,11-12,14,17-21H2,1-4H3,(H4,38,39,40,43)/t22?,25-,26?,27+,28+,29-,30+,33+,35+,36-,37-/m1/s1. The number of hydrogen-bond acceptors (Lipinski definition) is 6. The molecule has 0 saturated heterocycles. The van der Waals surface area contributed by atoms with Crippen LogP contribution in [0.15, 0.2) is 35.3 Å². The van der Waals surface area contributed by atoms with Gasteiger partial charge in [-0.3, -0.25) is 9.59 Å². The topological polar surface area (TPSA) is 168 Å². The summed E-state index contributed by atoms with van der Waals surface area (Å²) in [7, 11) is 1.42. The number of nitrogens with two attached hydrogens (primary N) is 2. The molecule has 9 nitrogen and oxygen atoms in total. The Morgan fingerprint density at radius 1 is 1.11 bits per heavy atom. The first kappa shape index (κ1) is 34.2. The van der Waals surface area contributed by atoms with Gasteiger partial charge in [0.05, 0.1) is 19.3 Å². The van der Waals surface area contributed by atoms with Gasteiger partial charge in [-0.2, -0.15) is 4.99 Å². The minimum atomic E-state index is -1.16. The summed E-state index contributed by atoms with van der Waals surface area (Å²) >= 11 is 0. The Labute approximate surface area is 272 Å². The Balaban J connectivity index is 1.28. The van der Waals surface area contributed by atoms with Crippen molar-refractivity contribution in [3.63, 3.8) is 0 Å². The van der Waals surface area contributed by atoms with Crippen molar-refractivity contribution < 1.29 is 29.6 Å². The van der Waals surface area contributed by atoms with Crippen molar-refractivity contribution in [3.05, 3.63) is 41.5 Å². The zero-order valence-corrected chi connectivity index (χ0v) is 27.6. The molecule has 9 heteroatoms. The van der Waals surface area contributed by atoms with Crippen LogP contribution in [0.5, 0.6) is 0 Å². The number of aliphatic imine (C=N–C) groups is 1. The van der Waals surface area contributed by atoms with Crippen molar-refractivity contribution in [1.29, 1.82) is 0 Å². The SMILES string of the molecule is COC(=O)CCC(C)C1CC[C@H]2[C@@H]3[C@H](O)C[C@@H]4C[C@@](O)(C#Cc5ccc(C=CC(=O)N=C(N)N)cc5)CC[C@]4(C)[C@H]3C[C@H](O)[C@]12C. The maximum absolute atomic E-state index is 11.9. The molecule has 0 spiro atoms. The first-order valence-electron chi connectivity index (χ1n) is 16.8. The Morgan fingerprint density at radius 3 is 2.50 bits per heavy atom. The second-order valence-electron chi connectivity index (χ2n) is 15.0. The van der Waals surface area contributed by atoms with Gasteiger partial charge in [0.15, 0.2) is 5.96 Å². The molecular formula is C37H51N3O6. The van der Waals surface area contributed by atoms with E-state index in [1.54, 1.807) is 6.08 Å². The molecule has 7 N–H and O–H groups in total. The number of hydrogen-bond donors (Lipinski definition) is 5. The van der Waals surface area contributed by atoms with E-state index in [0.717, 1.165) is 36.8 Å². The lowest BCUT2D eigenvalue weighted by molar-refractivity contribution is -0.211. The van der Waals surface area contributed by atoms with E-state index in [9.17, 15) is 24.9 Å². The average molecular weight is 634 g/mol. The number of carbonyl (C=O) groups excluding carboxylic acids is 2. The van der Waals surface area contributed by atoms with Crippen LogP contribution in [-0.2, 0) is 14.3 Å². The molecule has 4 fully saturated rings. The van der Waals surface area contributed by atoms with Gasteiger partial charge < -0.3 is 31.5 Å². The lowest BCUT2D eigenvalue weighted by Crippen LogP contribution is -2.63. The summed E-state index contributed by atoms with van der Waals surface area (Å²) in [4.78, 5) is 27.0. The number of aliphatic hydroxyl groups excluding tert-OH is 2. The second-order valence-corrected chi connectivity index (χ2v) is 15.0. The highest BCUT2D eigenvalue weighted by Crippen LogP contribution is 2.68. The van der Waals surface area contributed by atoms with Crippen LogP contribution in [0.3, 0.4) is 0 Å². The van der Waals surface area contributed by atoms with E-state index < -0.39 is 23.7 Å². The van der Waals surface area contributed by atoms with Gasteiger partial charge in [-0.15, -0.1) is 0 Å². The van der Waals surface area contributed by atoms with E-state index in [1.807, 2.05) is 24.3 Å². The summed E-state index contributed by atoms with van der Waals surface area (Å²) in [5.74, 6) is 6.47. The third-order valence-electron chi connectivity index (χ3n) is 12.6. The number of amides is 1. The van der Waals surface area contributed by atoms with Crippen LogP contribution in [0.1, 0.15) is 89.7 Å². The molecule has 4 aliphatic carbocycles. The Bertz CT molecular complexity index is 1430. The Morgan fingerprint density at radius 2 is 1.83 bits per heavy atom. The number of rotatable bonds is 6. The number of guanidine groups is 1. The molecule has 46 heavy (non-hydrogen) atoms. The fraction of sp³-hybridized carbons (Fsp3) is 0.649. The molecule has 250 valence electrons. The van der Waals surface area contributed by atoms with E-state index in [4.69, 9.17) is 16.2 Å². The van der Waals surface area contributed by atoms with Gasteiger partial charge in [-0.1, -0.05) is 44.7 Å². The maximum atomic E-state index is 11.9. The smallest absolute Gasteiger partial charge is 0.305 e. The number of carbonyl (C=O) groups is 2. The molecule has 2 unspecified atom stereocenters. The Kier molecular flexibility index (Phi) is 9.75. The van der Waals surface area contributed by atoms with Crippen LogP contribution < -0.4 is 11.5 Å². The summed E-state index contributed by atoms with van der Waals surface area (Å²) in [6.07, 6.45) is 8.18. The zero-order valence-electron chi connectivity index (χ0n) is 27.6. The fourth-order valence-electron chi connectivity index (χ4n) is 10.1. The fourth-order valence-corrected chi connectivity index (χ4v) is 10.1. The molecule has 0 aromatic heterocycles. The molecule has 4 saturated carbocycles. The molecule has 0 radical (unpaired) electrons. The third kappa shape index (κ3) is 6.49. The van der Waals surface area contributed by atoms with E-state index in [1.165, 1.54) is 13.2 Å². The molecule has 1 aromatic carbocycles. The number of nitrogens with zero attached hydrogens (tertiary/aromatic N) is 1. The maximum Gasteiger partial charge on any atom is 0.305 e. The van der Waals surface area contributed by atoms with Crippen LogP contribution in [0.4, 0.5) is 0 Å². The lowest BCUT2D eigenvalue weighted by atomic mass is 9.42. The molecule has 5 rings (SSSR count). The summed E-state index contributed by atoms with van der Waals surface area (Å²) in [5.41, 5.74) is 10.5. The lowest BCUT2D eigenvalue weighted by Gasteiger charge is -2.64. The predicted octanol–water partition coefficient (Wildman–Crippen LogP) is 3.77. The van der Waals surface area contributed by atoms with Gasteiger partial charge in [0.1, 0.15) is 5.60 Å². The number of aliphatic hydroxyl groups is 3. The largest absolute Gasteiger partial charge is 0.469 e. The van der Waals surface area contributed by atoms with Gasteiger partial charge in [-0.25, -0.2) is 0 Å². The Hall–Kier alpha value is -3.19. The third-order valence-corrected chi connectivity index (χ3v) is 12.6. The normalized spacial score (nSPS) is 38.8. The van der Waals surface area contributed by atoms with Gasteiger partial charge in [-0.05, 0) is 121 Å². The highest BCUT2D eigenvalue weighted by molar-refractivity contribution is 5.99. The number of methoxy groups -OCH3 is 1. The second kappa shape index (κ2) is 13.1. The van der Waals surface area contributed by atoms with Crippen LogP contribution >= 0.6 is 0 Å². The number of fused-ring (bicyclic) bond motifs is 5. The highest BCUT2D eigenvalue weighted by Gasteiger charge is 2.66. The summed E-state index contributed by atoms with van der Waals surface area (Å²) in [5, 5.41) is 35.3. The molecule has 1 aromatic rings. The molecule has 4 aliphatic rings. The first-order chi connectivity index (χ1) is 21.7. The van der Waals surface area contributed by atoms with Gasteiger partial charge >= 0.3 is 5.97 Å². The minimum absolute atomic E-state index is 0.0970. The van der Waals surface area contributed by atoms with Crippen LogP contribution in [0, 0.1) is 58.2 Å². The molecule has 0 aliphatic heterocycles.